The molecule has 24 heavy (non-hydrogen) atoms. The lowest BCUT2D eigenvalue weighted by Crippen LogP contribution is -1.99. The molecule has 0 fully saturated rings. The zero-order valence-corrected chi connectivity index (χ0v) is 16.9. The van der Waals surface area contributed by atoms with Gasteiger partial charge in [-0.3, -0.25) is 0 Å². The third-order valence-electron chi connectivity index (χ3n) is 3.49. The summed E-state index contributed by atoms with van der Waals surface area (Å²) in [4.78, 5) is 0.963. The molecule has 0 saturated carbocycles. The summed E-state index contributed by atoms with van der Waals surface area (Å²) in [5.41, 5.74) is 2.15. The summed E-state index contributed by atoms with van der Waals surface area (Å²) in [6.07, 6.45) is 0. The minimum atomic E-state index is 0.562. The maximum Gasteiger partial charge on any atom is 0.191 e. The molecule has 0 aliphatic carbocycles. The van der Waals surface area contributed by atoms with E-state index in [2.05, 4.69) is 21.7 Å². The Morgan fingerprint density at radius 2 is 1.96 bits per heavy atom. The van der Waals surface area contributed by atoms with E-state index < -0.39 is 0 Å². The molecule has 3 aromatic rings. The molecule has 3 rings (SSSR count). The lowest BCUT2D eigenvalue weighted by atomic mass is 10.2. The van der Waals surface area contributed by atoms with E-state index in [1.54, 1.807) is 23.1 Å². The van der Waals surface area contributed by atoms with E-state index in [4.69, 9.17) is 34.8 Å². The molecule has 0 aliphatic rings. The van der Waals surface area contributed by atoms with Crippen molar-refractivity contribution in [3.8, 4) is 10.7 Å². The number of hydrogen-bond acceptors (Lipinski definition) is 4. The molecular weight excluding hydrogens is 405 g/mol. The van der Waals surface area contributed by atoms with Crippen LogP contribution in [0.3, 0.4) is 0 Å². The van der Waals surface area contributed by atoms with Crippen LogP contribution in [0.4, 0.5) is 0 Å². The third-order valence-corrected chi connectivity index (χ3v) is 6.96. The first kappa shape index (κ1) is 18.1. The number of thioether (sulfide) groups is 1. The van der Waals surface area contributed by atoms with Crippen LogP contribution in [0.1, 0.15) is 18.1 Å². The largest absolute Gasteiger partial charge is 0.302 e. The molecule has 0 N–H and O–H groups in total. The minimum absolute atomic E-state index is 0.562. The van der Waals surface area contributed by atoms with Gasteiger partial charge in [0.1, 0.15) is 0 Å². The molecular formula is C16H14Cl3N3S2. The number of nitrogens with zero attached hydrogens (tertiary/aromatic N) is 3. The fourth-order valence-corrected chi connectivity index (χ4v) is 4.74. The summed E-state index contributed by atoms with van der Waals surface area (Å²) < 4.78 is 2.08. The summed E-state index contributed by atoms with van der Waals surface area (Å²) in [5.74, 6) is 1.56. The molecule has 0 radical (unpaired) electrons. The van der Waals surface area contributed by atoms with Crippen molar-refractivity contribution in [3.05, 3.63) is 49.8 Å². The van der Waals surface area contributed by atoms with Gasteiger partial charge < -0.3 is 4.57 Å². The van der Waals surface area contributed by atoms with E-state index in [9.17, 15) is 0 Å². The maximum atomic E-state index is 6.38. The van der Waals surface area contributed by atoms with Gasteiger partial charge in [-0.1, -0.05) is 52.6 Å². The lowest BCUT2D eigenvalue weighted by molar-refractivity contribution is 0.688. The van der Waals surface area contributed by atoms with Crippen LogP contribution in [0.15, 0.2) is 28.7 Å². The normalized spacial score (nSPS) is 11.2. The molecule has 0 spiro atoms. The fraction of sp³-hybridized carbons (Fsp3) is 0.250. The maximum absolute atomic E-state index is 6.38. The van der Waals surface area contributed by atoms with Crippen LogP contribution in [0.5, 0.6) is 0 Å². The van der Waals surface area contributed by atoms with Crippen LogP contribution in [-0.4, -0.2) is 14.8 Å². The number of aromatic nitrogens is 3. The zero-order chi connectivity index (χ0) is 17.3. The Kier molecular flexibility index (Phi) is 5.78. The number of hydrogen-bond donors (Lipinski definition) is 0. The van der Waals surface area contributed by atoms with Crippen LogP contribution in [0, 0.1) is 6.92 Å². The molecule has 3 nitrogen and oxygen atoms in total. The molecule has 0 unspecified atom stereocenters. The molecule has 0 aliphatic heterocycles. The van der Waals surface area contributed by atoms with Crippen molar-refractivity contribution in [1.82, 2.24) is 14.8 Å². The molecule has 0 saturated heterocycles. The van der Waals surface area contributed by atoms with Crippen LogP contribution < -0.4 is 0 Å². The number of benzene rings is 1. The molecule has 0 bridgehead atoms. The van der Waals surface area contributed by atoms with Gasteiger partial charge in [0, 0.05) is 12.3 Å². The Morgan fingerprint density at radius 1 is 1.17 bits per heavy atom. The second kappa shape index (κ2) is 7.67. The number of aryl methyl sites for hydroxylation is 1. The van der Waals surface area contributed by atoms with Crippen molar-refractivity contribution >= 4 is 57.9 Å². The van der Waals surface area contributed by atoms with E-state index >= 15 is 0 Å². The van der Waals surface area contributed by atoms with Gasteiger partial charge in [-0.15, -0.1) is 21.5 Å². The average Bonchev–Trinajstić information content (AvgIpc) is 3.12. The highest BCUT2D eigenvalue weighted by atomic mass is 35.5. The highest BCUT2D eigenvalue weighted by Crippen LogP contribution is 2.37. The van der Waals surface area contributed by atoms with Crippen molar-refractivity contribution in [3.63, 3.8) is 0 Å². The lowest BCUT2D eigenvalue weighted by Gasteiger charge is -2.07. The van der Waals surface area contributed by atoms with E-state index in [-0.39, 0.29) is 0 Å². The Hall–Kier alpha value is -0.720. The topological polar surface area (TPSA) is 30.7 Å². The summed E-state index contributed by atoms with van der Waals surface area (Å²) >= 11 is 21.6. The summed E-state index contributed by atoms with van der Waals surface area (Å²) in [6.45, 7) is 4.85. The summed E-state index contributed by atoms with van der Waals surface area (Å²) in [7, 11) is 0. The first-order valence-electron chi connectivity index (χ1n) is 7.25. The van der Waals surface area contributed by atoms with E-state index in [0.29, 0.717) is 10.0 Å². The Bertz CT molecular complexity index is 874. The molecule has 0 amide bonds. The van der Waals surface area contributed by atoms with Crippen molar-refractivity contribution in [1.29, 1.82) is 0 Å². The Labute approximate surface area is 164 Å². The van der Waals surface area contributed by atoms with Crippen molar-refractivity contribution < 1.29 is 0 Å². The molecule has 1 aromatic carbocycles. The summed E-state index contributed by atoms with van der Waals surface area (Å²) in [5, 5.41) is 13.5. The average molecular weight is 419 g/mol. The molecule has 0 atom stereocenters. The minimum Gasteiger partial charge on any atom is -0.302 e. The van der Waals surface area contributed by atoms with Gasteiger partial charge in [0.25, 0.3) is 0 Å². The first-order chi connectivity index (χ1) is 11.5. The second-order valence-electron chi connectivity index (χ2n) is 5.15. The Morgan fingerprint density at radius 3 is 2.58 bits per heavy atom. The molecule has 8 heteroatoms. The predicted molar refractivity (Wildman–Crippen MR) is 105 cm³/mol. The van der Waals surface area contributed by atoms with Gasteiger partial charge in [-0.25, -0.2) is 0 Å². The van der Waals surface area contributed by atoms with Gasteiger partial charge in [0.15, 0.2) is 11.0 Å². The van der Waals surface area contributed by atoms with Gasteiger partial charge in [-0.05, 0) is 42.5 Å². The van der Waals surface area contributed by atoms with Gasteiger partial charge in [0.2, 0.25) is 0 Å². The highest BCUT2D eigenvalue weighted by Gasteiger charge is 2.18. The SMILES string of the molecule is CCn1c(SCc2ccc(Cl)c(Cl)c2)nnc1-c1scc(C)c1Cl. The van der Waals surface area contributed by atoms with Crippen LogP contribution >= 0.6 is 57.9 Å². The highest BCUT2D eigenvalue weighted by molar-refractivity contribution is 7.98. The number of thiophene rings is 1. The fourth-order valence-electron chi connectivity index (χ4n) is 2.21. The Balaban J connectivity index is 1.84. The van der Waals surface area contributed by atoms with Crippen molar-refractivity contribution in [2.75, 3.05) is 0 Å². The van der Waals surface area contributed by atoms with Crippen molar-refractivity contribution in [2.24, 2.45) is 0 Å². The first-order valence-corrected chi connectivity index (χ1v) is 10.2. The summed E-state index contributed by atoms with van der Waals surface area (Å²) in [6, 6.07) is 5.65. The van der Waals surface area contributed by atoms with Crippen LogP contribution in [0.25, 0.3) is 10.7 Å². The third kappa shape index (κ3) is 3.60. The predicted octanol–water partition coefficient (Wildman–Crippen LogP) is 6.59. The monoisotopic (exact) mass is 417 g/mol. The number of halogens is 3. The van der Waals surface area contributed by atoms with Crippen LogP contribution in [0.2, 0.25) is 15.1 Å². The van der Waals surface area contributed by atoms with Gasteiger partial charge in [0.05, 0.1) is 19.9 Å². The van der Waals surface area contributed by atoms with Gasteiger partial charge >= 0.3 is 0 Å². The number of rotatable bonds is 5. The molecule has 2 heterocycles. The van der Waals surface area contributed by atoms with E-state index in [1.807, 2.05) is 30.5 Å². The van der Waals surface area contributed by atoms with E-state index in [0.717, 1.165) is 44.3 Å². The zero-order valence-electron chi connectivity index (χ0n) is 13.0. The second-order valence-corrected chi connectivity index (χ2v) is 8.16. The molecule has 2 aromatic heterocycles. The van der Waals surface area contributed by atoms with Gasteiger partial charge in [-0.2, -0.15) is 0 Å². The van der Waals surface area contributed by atoms with Crippen LogP contribution in [-0.2, 0) is 12.3 Å². The van der Waals surface area contributed by atoms with E-state index in [1.165, 1.54) is 0 Å². The van der Waals surface area contributed by atoms with Crippen molar-refractivity contribution in [2.45, 2.75) is 31.3 Å². The smallest absolute Gasteiger partial charge is 0.191 e. The standard InChI is InChI=1S/C16H14Cl3N3S2/c1-3-22-15(14-13(19)9(2)7-23-14)20-21-16(22)24-8-10-4-5-11(17)12(18)6-10/h4-7H,3,8H2,1-2H3. The molecule has 126 valence electrons. The quantitative estimate of drug-likeness (QED) is 0.438.